The van der Waals surface area contributed by atoms with E-state index in [1.54, 1.807) is 0 Å². The van der Waals surface area contributed by atoms with Crippen LogP contribution in [-0.2, 0) is 9.47 Å². The summed E-state index contributed by atoms with van der Waals surface area (Å²) in [4.78, 5) is 0. The number of rotatable bonds is 3. The Morgan fingerprint density at radius 1 is 0.889 bits per heavy atom. The number of methoxy groups -OCH3 is 2. The topological polar surface area (TPSA) is 18.5 Å². The van der Waals surface area contributed by atoms with Crippen LogP contribution in [0, 0.1) is 17.8 Å². The van der Waals surface area contributed by atoms with Gasteiger partial charge in [-0.05, 0) is 43.1 Å². The average molecular weight is 268 g/mol. The predicted octanol–water partition coefficient (Wildman–Crippen LogP) is 3.89. The van der Waals surface area contributed by atoms with E-state index in [-0.39, 0.29) is 5.79 Å². The Balaban J connectivity index is 1.98. The lowest BCUT2D eigenvalue weighted by molar-refractivity contribution is -0.317. The number of hydrogen-bond acceptors (Lipinski definition) is 2. The van der Waals surface area contributed by atoms with Crippen molar-refractivity contribution in [2.75, 3.05) is 14.2 Å². The van der Waals surface area contributed by atoms with Gasteiger partial charge in [0.15, 0.2) is 5.79 Å². The van der Waals surface area contributed by atoms with E-state index in [0.29, 0.717) is 16.9 Å². The molecular weight excluding hydrogens is 240 g/mol. The third kappa shape index (κ3) is 1.47. The largest absolute Gasteiger partial charge is 0.353 e. The SMILES string of the molecule is COC1(OC)[C@@H]2CC3C[C@H]1CC([Si](C)(C)C)(C3)C2. The van der Waals surface area contributed by atoms with Gasteiger partial charge in [0, 0.05) is 26.1 Å². The van der Waals surface area contributed by atoms with Gasteiger partial charge in [-0.2, -0.15) is 0 Å². The lowest BCUT2D eigenvalue weighted by Crippen LogP contribution is -2.64. The van der Waals surface area contributed by atoms with Crippen LogP contribution in [0.5, 0.6) is 0 Å². The smallest absolute Gasteiger partial charge is 0.173 e. The Morgan fingerprint density at radius 2 is 1.39 bits per heavy atom. The van der Waals surface area contributed by atoms with Crippen LogP contribution < -0.4 is 0 Å². The fraction of sp³-hybridized carbons (Fsp3) is 1.00. The van der Waals surface area contributed by atoms with Gasteiger partial charge in [0.05, 0.1) is 8.07 Å². The van der Waals surface area contributed by atoms with Crippen LogP contribution in [0.3, 0.4) is 0 Å². The molecule has 104 valence electrons. The van der Waals surface area contributed by atoms with Gasteiger partial charge in [-0.15, -0.1) is 0 Å². The standard InChI is InChI=1S/C15H28O2Si/c1-16-15(17-2)12-6-11-7-13(15)10-14(8-11,9-12)18(3,4)5/h11-13H,6-10H2,1-5H3/t11?,12-,13+,14?. The highest BCUT2D eigenvalue weighted by Gasteiger charge is 2.65. The molecule has 2 unspecified atom stereocenters. The van der Waals surface area contributed by atoms with Crippen molar-refractivity contribution in [2.45, 2.75) is 62.6 Å². The summed E-state index contributed by atoms with van der Waals surface area (Å²) in [5.74, 6) is 1.99. The van der Waals surface area contributed by atoms with Crippen molar-refractivity contribution in [1.29, 1.82) is 0 Å². The number of hydrogen-bond donors (Lipinski definition) is 0. The molecule has 4 rings (SSSR count). The molecule has 0 amide bonds. The van der Waals surface area contributed by atoms with E-state index in [4.69, 9.17) is 9.47 Å². The van der Waals surface area contributed by atoms with Crippen LogP contribution in [0.1, 0.15) is 32.1 Å². The molecule has 0 saturated heterocycles. The van der Waals surface area contributed by atoms with Crippen LogP contribution in [0.15, 0.2) is 0 Å². The van der Waals surface area contributed by atoms with E-state index in [2.05, 4.69) is 19.6 Å². The van der Waals surface area contributed by atoms with Gasteiger partial charge in [-0.1, -0.05) is 19.6 Å². The first-order chi connectivity index (χ1) is 8.37. The lowest BCUT2D eigenvalue weighted by atomic mass is 9.52. The molecule has 0 spiro atoms. The minimum absolute atomic E-state index is 0.250. The Kier molecular flexibility index (Phi) is 2.79. The van der Waals surface area contributed by atoms with Gasteiger partial charge in [0.25, 0.3) is 0 Å². The molecule has 4 saturated carbocycles. The van der Waals surface area contributed by atoms with E-state index in [9.17, 15) is 0 Å². The summed E-state index contributed by atoms with van der Waals surface area (Å²) < 4.78 is 11.8. The highest BCUT2D eigenvalue weighted by atomic mass is 28.3. The number of ether oxygens (including phenoxy) is 2. The van der Waals surface area contributed by atoms with Crippen molar-refractivity contribution in [3.63, 3.8) is 0 Å². The first kappa shape index (κ1) is 13.1. The van der Waals surface area contributed by atoms with E-state index in [0.717, 1.165) is 5.92 Å². The van der Waals surface area contributed by atoms with Gasteiger partial charge >= 0.3 is 0 Å². The second kappa shape index (κ2) is 3.83. The monoisotopic (exact) mass is 268 g/mol. The molecule has 4 atom stereocenters. The second-order valence-electron chi connectivity index (χ2n) is 8.00. The molecule has 0 radical (unpaired) electrons. The van der Waals surface area contributed by atoms with Gasteiger partial charge in [-0.3, -0.25) is 0 Å². The first-order valence-corrected chi connectivity index (χ1v) is 11.0. The van der Waals surface area contributed by atoms with Gasteiger partial charge in [-0.25, -0.2) is 0 Å². The minimum Gasteiger partial charge on any atom is -0.353 e. The Bertz CT molecular complexity index is 325. The van der Waals surface area contributed by atoms with Crippen molar-refractivity contribution in [2.24, 2.45) is 17.8 Å². The lowest BCUT2D eigenvalue weighted by Gasteiger charge is -2.66. The molecule has 0 N–H and O–H groups in total. The van der Waals surface area contributed by atoms with Crippen LogP contribution >= 0.6 is 0 Å². The summed E-state index contributed by atoms with van der Waals surface area (Å²) in [6.45, 7) is 7.71. The van der Waals surface area contributed by atoms with Crippen LogP contribution in [0.25, 0.3) is 0 Å². The van der Waals surface area contributed by atoms with Gasteiger partial charge in [0.2, 0.25) is 0 Å². The maximum absolute atomic E-state index is 5.91. The summed E-state index contributed by atoms with van der Waals surface area (Å²) in [7, 11) is 2.60. The minimum atomic E-state index is -1.11. The fourth-order valence-electron chi connectivity index (χ4n) is 5.60. The van der Waals surface area contributed by atoms with E-state index in [1.165, 1.54) is 32.1 Å². The van der Waals surface area contributed by atoms with Gasteiger partial charge < -0.3 is 9.47 Å². The highest BCUT2D eigenvalue weighted by molar-refractivity contribution is 6.79. The molecular formula is C15H28O2Si. The van der Waals surface area contributed by atoms with Crippen molar-refractivity contribution < 1.29 is 9.47 Å². The Hall–Kier alpha value is 0.137. The molecule has 4 aliphatic rings. The molecule has 3 heteroatoms. The molecule has 18 heavy (non-hydrogen) atoms. The first-order valence-electron chi connectivity index (χ1n) is 7.47. The van der Waals surface area contributed by atoms with Crippen LogP contribution in [0.2, 0.25) is 24.7 Å². The zero-order chi connectivity index (χ0) is 13.2. The molecule has 0 aromatic heterocycles. The molecule has 2 nitrogen and oxygen atoms in total. The van der Waals surface area contributed by atoms with Crippen LogP contribution in [-0.4, -0.2) is 28.1 Å². The summed E-state index contributed by atoms with van der Waals surface area (Å²) in [6, 6.07) is 0. The van der Waals surface area contributed by atoms with Crippen molar-refractivity contribution in [1.82, 2.24) is 0 Å². The van der Waals surface area contributed by atoms with E-state index < -0.39 is 8.07 Å². The molecule has 0 heterocycles. The molecule has 4 aliphatic carbocycles. The normalized spacial score (nSPS) is 45.5. The van der Waals surface area contributed by atoms with Crippen molar-refractivity contribution in [3.8, 4) is 0 Å². The molecule has 0 aromatic carbocycles. The van der Waals surface area contributed by atoms with E-state index in [1.807, 2.05) is 14.2 Å². The second-order valence-corrected chi connectivity index (χ2v) is 13.6. The van der Waals surface area contributed by atoms with Crippen LogP contribution in [0.4, 0.5) is 0 Å². The summed E-state index contributed by atoms with van der Waals surface area (Å²) >= 11 is 0. The maximum atomic E-state index is 5.91. The third-order valence-corrected chi connectivity index (χ3v) is 10.4. The highest BCUT2D eigenvalue weighted by Crippen LogP contribution is 2.70. The molecule has 4 bridgehead atoms. The third-order valence-electron chi connectivity index (χ3n) is 6.56. The quantitative estimate of drug-likeness (QED) is 0.571. The summed E-state index contributed by atoms with van der Waals surface area (Å²) in [5.41, 5.74) is 0. The fourth-order valence-corrected chi connectivity index (χ4v) is 8.21. The average Bonchev–Trinajstić information content (AvgIpc) is 2.28. The molecule has 0 aliphatic heterocycles. The maximum Gasteiger partial charge on any atom is 0.173 e. The molecule has 4 fully saturated rings. The zero-order valence-electron chi connectivity index (χ0n) is 12.6. The summed E-state index contributed by atoms with van der Waals surface area (Å²) in [5, 5.41) is 0.671. The Morgan fingerprint density at radius 3 is 1.78 bits per heavy atom. The van der Waals surface area contributed by atoms with E-state index >= 15 is 0 Å². The Labute approximate surface area is 112 Å². The van der Waals surface area contributed by atoms with Crippen molar-refractivity contribution in [3.05, 3.63) is 0 Å². The van der Waals surface area contributed by atoms with Gasteiger partial charge in [0.1, 0.15) is 0 Å². The summed E-state index contributed by atoms with van der Waals surface area (Å²) in [6.07, 6.45) is 6.89. The zero-order valence-corrected chi connectivity index (χ0v) is 13.6. The predicted molar refractivity (Wildman–Crippen MR) is 76.3 cm³/mol. The van der Waals surface area contributed by atoms with Crippen molar-refractivity contribution >= 4 is 8.07 Å². The molecule has 0 aromatic rings.